The van der Waals surface area contributed by atoms with Gasteiger partial charge in [0, 0.05) is 39.8 Å². The average molecular weight is 341 g/mol. The Balaban J connectivity index is 2.41. The molecule has 1 rings (SSSR count). The van der Waals surface area contributed by atoms with Crippen LogP contribution in [0.4, 0.5) is 0 Å². The standard InChI is InChI=1S/C18H35N3O3/c1-4-19-17(20-13-8-5-9-16(22)24-3)21-15-18(12-14-23-2)10-6-7-11-18/h4-15H2,1-3H3,(H2,19,20,21). The largest absolute Gasteiger partial charge is 0.469 e. The fourth-order valence-electron chi connectivity index (χ4n) is 3.22. The fraction of sp³-hybridized carbons (Fsp3) is 0.889. The molecule has 0 saturated heterocycles. The van der Waals surface area contributed by atoms with E-state index in [4.69, 9.17) is 9.73 Å². The third-order valence-corrected chi connectivity index (χ3v) is 4.75. The average Bonchev–Trinajstić information content (AvgIpc) is 3.06. The molecule has 0 radical (unpaired) electrons. The van der Waals surface area contributed by atoms with E-state index in [1.54, 1.807) is 7.11 Å². The van der Waals surface area contributed by atoms with Crippen molar-refractivity contribution in [1.29, 1.82) is 0 Å². The van der Waals surface area contributed by atoms with Crippen LogP contribution in [0.2, 0.25) is 0 Å². The topological polar surface area (TPSA) is 72.0 Å². The van der Waals surface area contributed by atoms with Crippen LogP contribution in [-0.2, 0) is 14.3 Å². The van der Waals surface area contributed by atoms with Crippen molar-refractivity contribution in [2.45, 2.75) is 58.3 Å². The number of nitrogens with one attached hydrogen (secondary N) is 2. The molecule has 6 nitrogen and oxygen atoms in total. The molecule has 0 unspecified atom stereocenters. The highest BCUT2D eigenvalue weighted by molar-refractivity contribution is 5.79. The van der Waals surface area contributed by atoms with Crippen LogP contribution >= 0.6 is 0 Å². The van der Waals surface area contributed by atoms with Gasteiger partial charge in [0.2, 0.25) is 0 Å². The first-order chi connectivity index (χ1) is 11.7. The van der Waals surface area contributed by atoms with E-state index in [1.165, 1.54) is 32.8 Å². The summed E-state index contributed by atoms with van der Waals surface area (Å²) in [7, 11) is 3.20. The van der Waals surface area contributed by atoms with Crippen molar-refractivity contribution in [2.24, 2.45) is 10.4 Å². The first-order valence-corrected chi connectivity index (χ1v) is 9.24. The SMILES string of the molecule is CCNC(=NCC1(CCOC)CCCC1)NCCCCC(=O)OC. The van der Waals surface area contributed by atoms with Crippen LogP contribution in [0.15, 0.2) is 4.99 Å². The summed E-state index contributed by atoms with van der Waals surface area (Å²) in [5.74, 6) is 0.733. The fourth-order valence-corrected chi connectivity index (χ4v) is 3.22. The van der Waals surface area contributed by atoms with Crippen LogP contribution in [0.3, 0.4) is 0 Å². The number of rotatable bonds is 11. The van der Waals surface area contributed by atoms with Crippen LogP contribution in [0.25, 0.3) is 0 Å². The summed E-state index contributed by atoms with van der Waals surface area (Å²) in [5.41, 5.74) is 0.309. The van der Waals surface area contributed by atoms with Crippen molar-refractivity contribution in [3.63, 3.8) is 0 Å². The summed E-state index contributed by atoms with van der Waals surface area (Å²) in [6.07, 6.45) is 8.42. The van der Waals surface area contributed by atoms with Crippen LogP contribution in [0, 0.1) is 5.41 Å². The first kappa shape index (κ1) is 20.7. The van der Waals surface area contributed by atoms with Gasteiger partial charge in [-0.25, -0.2) is 0 Å². The van der Waals surface area contributed by atoms with E-state index in [9.17, 15) is 4.79 Å². The molecule has 0 aromatic rings. The molecular weight excluding hydrogens is 306 g/mol. The first-order valence-electron chi connectivity index (χ1n) is 9.24. The van der Waals surface area contributed by atoms with Gasteiger partial charge in [0.15, 0.2) is 5.96 Å². The molecule has 0 bridgehead atoms. The Morgan fingerprint density at radius 3 is 2.54 bits per heavy atom. The van der Waals surface area contributed by atoms with Gasteiger partial charge in [0.05, 0.1) is 7.11 Å². The molecule has 1 aliphatic rings. The van der Waals surface area contributed by atoms with Gasteiger partial charge in [-0.2, -0.15) is 0 Å². The maximum absolute atomic E-state index is 11.1. The monoisotopic (exact) mass is 341 g/mol. The minimum atomic E-state index is -0.142. The molecule has 0 spiro atoms. The van der Waals surface area contributed by atoms with Gasteiger partial charge >= 0.3 is 5.97 Å². The van der Waals surface area contributed by atoms with Crippen molar-refractivity contribution in [3.05, 3.63) is 0 Å². The number of nitrogens with zero attached hydrogens (tertiary/aromatic N) is 1. The molecule has 0 aliphatic heterocycles. The summed E-state index contributed by atoms with van der Waals surface area (Å²) in [6.45, 7) is 5.40. The molecule has 0 amide bonds. The molecule has 6 heteroatoms. The Hall–Kier alpha value is -1.30. The molecule has 1 saturated carbocycles. The molecule has 1 aliphatic carbocycles. The number of esters is 1. The van der Waals surface area contributed by atoms with E-state index in [2.05, 4.69) is 22.3 Å². The second kappa shape index (κ2) is 12.1. The Kier molecular flexibility index (Phi) is 10.5. The van der Waals surface area contributed by atoms with Gasteiger partial charge in [0.25, 0.3) is 0 Å². The second-order valence-corrected chi connectivity index (χ2v) is 6.61. The zero-order valence-electron chi connectivity index (χ0n) is 15.7. The Morgan fingerprint density at radius 1 is 1.17 bits per heavy atom. The molecule has 24 heavy (non-hydrogen) atoms. The third-order valence-electron chi connectivity index (χ3n) is 4.75. The highest BCUT2D eigenvalue weighted by Gasteiger charge is 2.33. The van der Waals surface area contributed by atoms with Gasteiger partial charge in [-0.1, -0.05) is 12.8 Å². The van der Waals surface area contributed by atoms with Crippen LogP contribution in [-0.4, -0.2) is 52.4 Å². The number of hydrogen-bond acceptors (Lipinski definition) is 4. The molecule has 2 N–H and O–H groups in total. The lowest BCUT2D eigenvalue weighted by Gasteiger charge is -2.27. The van der Waals surface area contributed by atoms with Crippen LogP contribution in [0.1, 0.15) is 58.3 Å². The lowest BCUT2D eigenvalue weighted by Crippen LogP contribution is -2.39. The molecule has 140 valence electrons. The number of ether oxygens (including phenoxy) is 2. The van der Waals surface area contributed by atoms with E-state index >= 15 is 0 Å². The smallest absolute Gasteiger partial charge is 0.305 e. The summed E-state index contributed by atoms with van der Waals surface area (Å²) in [5, 5.41) is 6.67. The van der Waals surface area contributed by atoms with Crippen molar-refractivity contribution in [1.82, 2.24) is 10.6 Å². The van der Waals surface area contributed by atoms with E-state index in [1.807, 2.05) is 0 Å². The normalized spacial score (nSPS) is 16.9. The molecular formula is C18H35N3O3. The summed E-state index contributed by atoms with van der Waals surface area (Å²) in [6, 6.07) is 0. The van der Waals surface area contributed by atoms with Gasteiger partial charge in [-0.05, 0) is 44.4 Å². The maximum Gasteiger partial charge on any atom is 0.305 e. The zero-order chi connectivity index (χ0) is 17.7. The summed E-state index contributed by atoms with van der Waals surface area (Å²) >= 11 is 0. The van der Waals surface area contributed by atoms with E-state index in [-0.39, 0.29) is 5.97 Å². The van der Waals surface area contributed by atoms with Gasteiger partial charge in [-0.15, -0.1) is 0 Å². The molecule has 0 aromatic heterocycles. The predicted octanol–water partition coefficient (Wildman–Crippen LogP) is 2.48. The Labute approximate surface area is 146 Å². The number of guanidine groups is 1. The lowest BCUT2D eigenvalue weighted by atomic mass is 9.83. The highest BCUT2D eigenvalue weighted by Crippen LogP contribution is 2.41. The summed E-state index contributed by atoms with van der Waals surface area (Å²) < 4.78 is 9.94. The predicted molar refractivity (Wildman–Crippen MR) is 97.2 cm³/mol. The number of carbonyl (C=O) groups excluding carboxylic acids is 1. The lowest BCUT2D eigenvalue weighted by molar-refractivity contribution is -0.140. The van der Waals surface area contributed by atoms with Crippen LogP contribution in [0.5, 0.6) is 0 Å². The van der Waals surface area contributed by atoms with Gasteiger partial charge in [0.1, 0.15) is 0 Å². The maximum atomic E-state index is 11.1. The van der Waals surface area contributed by atoms with Crippen molar-refractivity contribution >= 4 is 11.9 Å². The van der Waals surface area contributed by atoms with E-state index in [0.717, 1.165) is 51.5 Å². The van der Waals surface area contributed by atoms with E-state index < -0.39 is 0 Å². The third kappa shape index (κ3) is 7.99. The Morgan fingerprint density at radius 2 is 1.92 bits per heavy atom. The number of carbonyl (C=O) groups is 1. The number of unbranched alkanes of at least 4 members (excludes halogenated alkanes) is 1. The molecule has 0 aromatic carbocycles. The Bertz CT molecular complexity index is 380. The summed E-state index contributed by atoms with van der Waals surface area (Å²) in [4.78, 5) is 15.9. The van der Waals surface area contributed by atoms with Gasteiger partial charge in [-0.3, -0.25) is 9.79 Å². The van der Waals surface area contributed by atoms with Gasteiger partial charge < -0.3 is 20.1 Å². The van der Waals surface area contributed by atoms with E-state index in [0.29, 0.717) is 11.8 Å². The molecule has 0 atom stereocenters. The van der Waals surface area contributed by atoms with Crippen molar-refractivity contribution < 1.29 is 14.3 Å². The molecule has 1 fully saturated rings. The minimum absolute atomic E-state index is 0.142. The second-order valence-electron chi connectivity index (χ2n) is 6.61. The quantitative estimate of drug-likeness (QED) is 0.261. The number of hydrogen-bond donors (Lipinski definition) is 2. The number of aliphatic imine (C=N–C) groups is 1. The number of methoxy groups -OCH3 is 2. The van der Waals surface area contributed by atoms with Crippen molar-refractivity contribution in [3.8, 4) is 0 Å². The zero-order valence-corrected chi connectivity index (χ0v) is 15.7. The minimum Gasteiger partial charge on any atom is -0.469 e. The van der Waals surface area contributed by atoms with Crippen LogP contribution < -0.4 is 10.6 Å². The molecule has 0 heterocycles. The highest BCUT2D eigenvalue weighted by atomic mass is 16.5. The van der Waals surface area contributed by atoms with Crippen molar-refractivity contribution in [2.75, 3.05) is 40.5 Å².